The van der Waals surface area contributed by atoms with Crippen molar-refractivity contribution in [1.82, 2.24) is 5.32 Å². The summed E-state index contributed by atoms with van der Waals surface area (Å²) in [6.07, 6.45) is 3.16. The smallest absolute Gasteiger partial charge is 0.174 e. The van der Waals surface area contributed by atoms with E-state index in [-0.39, 0.29) is 23.5 Å². The van der Waals surface area contributed by atoms with Crippen LogP contribution in [0.1, 0.15) is 29.9 Å². The molecule has 3 aliphatic rings. The summed E-state index contributed by atoms with van der Waals surface area (Å²) in [6, 6.07) is 3.67. The lowest BCUT2D eigenvalue weighted by Gasteiger charge is -2.51. The van der Waals surface area contributed by atoms with Crippen LogP contribution in [0.3, 0.4) is 0 Å². The van der Waals surface area contributed by atoms with Gasteiger partial charge in [0.2, 0.25) is 0 Å². The number of phenolic OH excluding ortho intramolecular Hbond substituents is 1. The van der Waals surface area contributed by atoms with Crippen LogP contribution in [-0.2, 0) is 16.0 Å². The Kier molecular flexibility index (Phi) is 3.25. The lowest BCUT2D eigenvalue weighted by Crippen LogP contribution is -2.64. The summed E-state index contributed by atoms with van der Waals surface area (Å²) in [5.74, 6) is 0.500. The predicted molar refractivity (Wildman–Crippen MR) is 84.9 cm³/mol. The molecule has 1 aromatic carbocycles. The number of nitrogens with one attached hydrogen (secondary N) is 1. The normalized spacial score (nSPS) is 34.0. The molecule has 23 heavy (non-hydrogen) atoms. The zero-order valence-electron chi connectivity index (χ0n) is 13.2. The van der Waals surface area contributed by atoms with Gasteiger partial charge in [-0.05, 0) is 24.5 Å². The van der Waals surface area contributed by atoms with Crippen molar-refractivity contribution in [3.8, 4) is 11.5 Å². The maximum absolute atomic E-state index is 12.4. The van der Waals surface area contributed by atoms with Crippen molar-refractivity contribution < 1.29 is 19.4 Å². The van der Waals surface area contributed by atoms with E-state index in [1.807, 2.05) is 12.1 Å². The number of aromatic hydroxyl groups is 1. The molecule has 0 aromatic heterocycles. The van der Waals surface area contributed by atoms with Gasteiger partial charge in [0.15, 0.2) is 23.4 Å². The number of Topliss-reactive ketones (excluding diaryl/α,β-unsaturated/α-hetero) is 1. The monoisotopic (exact) mass is 315 g/mol. The van der Waals surface area contributed by atoms with Gasteiger partial charge in [-0.25, -0.2) is 0 Å². The van der Waals surface area contributed by atoms with E-state index in [0.717, 1.165) is 17.5 Å². The Morgan fingerprint density at radius 2 is 2.39 bits per heavy atom. The van der Waals surface area contributed by atoms with Crippen molar-refractivity contribution in [2.24, 2.45) is 0 Å². The average Bonchev–Trinajstić information content (AvgIpc) is 2.98. The molecule has 5 nitrogen and oxygen atoms in total. The van der Waals surface area contributed by atoms with E-state index in [1.165, 1.54) is 0 Å². The number of ether oxygens (including phenoxy) is 2. The summed E-state index contributed by atoms with van der Waals surface area (Å²) in [7, 11) is 1.71. The maximum Gasteiger partial charge on any atom is 0.174 e. The third kappa shape index (κ3) is 1.83. The zero-order valence-corrected chi connectivity index (χ0v) is 13.2. The van der Waals surface area contributed by atoms with Crippen molar-refractivity contribution in [3.63, 3.8) is 0 Å². The van der Waals surface area contributed by atoms with Crippen LogP contribution in [0.4, 0.5) is 0 Å². The van der Waals surface area contributed by atoms with Crippen LogP contribution in [0.15, 0.2) is 24.8 Å². The zero-order chi connectivity index (χ0) is 16.2. The number of hydrogen-bond acceptors (Lipinski definition) is 5. The second-order valence-electron chi connectivity index (χ2n) is 6.58. The number of methoxy groups -OCH3 is 1. The van der Waals surface area contributed by atoms with Gasteiger partial charge in [0, 0.05) is 31.7 Å². The second kappa shape index (κ2) is 5.08. The Balaban J connectivity index is 1.89. The van der Waals surface area contributed by atoms with E-state index in [1.54, 1.807) is 13.2 Å². The van der Waals surface area contributed by atoms with E-state index >= 15 is 0 Å². The van der Waals surface area contributed by atoms with E-state index in [2.05, 4.69) is 11.9 Å². The van der Waals surface area contributed by atoms with E-state index < -0.39 is 11.7 Å². The van der Waals surface area contributed by atoms with E-state index in [0.29, 0.717) is 25.1 Å². The molecule has 5 heteroatoms. The van der Waals surface area contributed by atoms with Crippen LogP contribution >= 0.6 is 0 Å². The Morgan fingerprint density at radius 3 is 3.13 bits per heavy atom. The summed E-state index contributed by atoms with van der Waals surface area (Å²) in [5, 5.41) is 13.7. The summed E-state index contributed by atoms with van der Waals surface area (Å²) >= 11 is 0. The van der Waals surface area contributed by atoms with Crippen LogP contribution < -0.4 is 10.1 Å². The van der Waals surface area contributed by atoms with Gasteiger partial charge < -0.3 is 19.9 Å². The predicted octanol–water partition coefficient (Wildman–Crippen LogP) is 1.69. The van der Waals surface area contributed by atoms with Crippen molar-refractivity contribution >= 4 is 5.78 Å². The van der Waals surface area contributed by atoms with Crippen molar-refractivity contribution in [2.75, 3.05) is 13.7 Å². The van der Waals surface area contributed by atoms with Crippen molar-refractivity contribution in [2.45, 2.75) is 42.9 Å². The standard InChI is InChI=1S/C18H21NO4/c1-3-8-19-13-9-10-4-5-11(20)16-14(10)15-17(23-16)12(21)6-7-18(13,15)22-2/h3-5,13,15,17,19-20H,1,6-9H2,2H3/t13-,15?,17+,18-/m0/s1. The second-order valence-corrected chi connectivity index (χ2v) is 6.58. The van der Waals surface area contributed by atoms with Gasteiger partial charge in [-0.15, -0.1) is 6.58 Å². The topological polar surface area (TPSA) is 67.8 Å². The summed E-state index contributed by atoms with van der Waals surface area (Å²) in [4.78, 5) is 12.4. The van der Waals surface area contributed by atoms with Gasteiger partial charge in [0.05, 0.1) is 11.5 Å². The average molecular weight is 315 g/mol. The third-order valence-corrected chi connectivity index (χ3v) is 5.63. The first-order valence-electron chi connectivity index (χ1n) is 8.06. The maximum atomic E-state index is 12.4. The molecule has 0 amide bonds. The van der Waals surface area contributed by atoms with Gasteiger partial charge in [-0.3, -0.25) is 4.79 Å². The minimum Gasteiger partial charge on any atom is -0.504 e. The molecule has 2 aliphatic carbocycles. The van der Waals surface area contributed by atoms with E-state index in [4.69, 9.17) is 9.47 Å². The molecule has 0 radical (unpaired) electrons. The number of carbonyl (C=O) groups excluding carboxylic acids is 1. The third-order valence-electron chi connectivity index (χ3n) is 5.63. The number of rotatable bonds is 4. The Labute approximate surface area is 135 Å². The van der Waals surface area contributed by atoms with Gasteiger partial charge in [0.1, 0.15) is 0 Å². The summed E-state index contributed by atoms with van der Waals surface area (Å²) in [6.45, 7) is 4.46. The van der Waals surface area contributed by atoms with Gasteiger partial charge >= 0.3 is 0 Å². The fraction of sp³-hybridized carbons (Fsp3) is 0.500. The molecule has 0 bridgehead atoms. The number of ketones is 1. The Bertz CT molecular complexity index is 686. The quantitative estimate of drug-likeness (QED) is 0.828. The van der Waals surface area contributed by atoms with Crippen LogP contribution in [0, 0.1) is 0 Å². The first kappa shape index (κ1) is 14.7. The molecule has 1 saturated carbocycles. The molecule has 2 N–H and O–H groups in total. The Hall–Kier alpha value is -1.85. The van der Waals surface area contributed by atoms with Crippen molar-refractivity contribution in [3.05, 3.63) is 35.9 Å². The fourth-order valence-corrected chi connectivity index (χ4v) is 4.61. The van der Waals surface area contributed by atoms with Crippen LogP contribution in [0.2, 0.25) is 0 Å². The highest BCUT2D eigenvalue weighted by atomic mass is 16.5. The first-order chi connectivity index (χ1) is 11.1. The number of carbonyl (C=O) groups is 1. The highest BCUT2D eigenvalue weighted by Gasteiger charge is 2.61. The van der Waals surface area contributed by atoms with Crippen molar-refractivity contribution in [1.29, 1.82) is 0 Å². The molecule has 1 aliphatic heterocycles. The molecular weight excluding hydrogens is 294 g/mol. The SMILES string of the molecule is C=CCN[C@H]1Cc2ccc(O)c3c2C2[C@H](O3)C(=O)CC[C@@]21OC. The van der Waals surface area contributed by atoms with Crippen LogP contribution in [0.5, 0.6) is 11.5 Å². The highest BCUT2D eigenvalue weighted by molar-refractivity contribution is 5.88. The van der Waals surface area contributed by atoms with E-state index in [9.17, 15) is 9.90 Å². The molecule has 1 heterocycles. The molecule has 122 valence electrons. The minimum atomic E-state index is -0.556. The minimum absolute atomic E-state index is 0.0812. The molecule has 1 unspecified atom stereocenters. The van der Waals surface area contributed by atoms with Crippen LogP contribution in [0.25, 0.3) is 0 Å². The van der Waals surface area contributed by atoms with Gasteiger partial charge in [-0.2, -0.15) is 0 Å². The summed E-state index contributed by atoms with van der Waals surface area (Å²) < 4.78 is 11.9. The van der Waals surface area contributed by atoms with Gasteiger partial charge in [0.25, 0.3) is 0 Å². The molecule has 1 fully saturated rings. The molecule has 0 spiro atoms. The van der Waals surface area contributed by atoms with Gasteiger partial charge in [-0.1, -0.05) is 12.1 Å². The molecule has 0 saturated heterocycles. The van der Waals surface area contributed by atoms with Crippen LogP contribution in [-0.4, -0.2) is 42.3 Å². The lowest BCUT2D eigenvalue weighted by molar-refractivity contribution is -0.146. The number of benzene rings is 1. The molecular formula is C18H21NO4. The molecule has 1 aromatic rings. The Morgan fingerprint density at radius 1 is 1.57 bits per heavy atom. The highest BCUT2D eigenvalue weighted by Crippen LogP contribution is 2.58. The number of hydrogen-bond donors (Lipinski definition) is 2. The lowest BCUT2D eigenvalue weighted by atomic mass is 9.61. The number of phenols is 1. The largest absolute Gasteiger partial charge is 0.504 e. The first-order valence-corrected chi connectivity index (χ1v) is 8.06. The molecule has 4 rings (SSSR count). The molecule has 4 atom stereocenters. The summed E-state index contributed by atoms with van der Waals surface area (Å²) in [5.41, 5.74) is 1.59. The fourth-order valence-electron chi connectivity index (χ4n) is 4.61.